The van der Waals surface area contributed by atoms with E-state index in [2.05, 4.69) is 73.1 Å². The molecule has 132 valence electrons. The van der Waals surface area contributed by atoms with Crippen LogP contribution in [0.2, 0.25) is 0 Å². The number of benzene rings is 2. The van der Waals surface area contributed by atoms with Crippen LogP contribution in [0.3, 0.4) is 0 Å². The second-order valence-corrected chi connectivity index (χ2v) is 8.69. The number of hydrogen-bond acceptors (Lipinski definition) is 3. The molecule has 0 aliphatic rings. The highest BCUT2D eigenvalue weighted by Gasteiger charge is 2.26. The first-order valence-corrected chi connectivity index (χ1v) is 10.4. The molecule has 1 atom stereocenters. The summed E-state index contributed by atoms with van der Waals surface area (Å²) in [7, 11) is 0. The molecule has 0 radical (unpaired) electrons. The van der Waals surface area contributed by atoms with Crippen molar-refractivity contribution >= 4 is 85.3 Å². The van der Waals surface area contributed by atoms with E-state index in [1.807, 2.05) is 25.1 Å². The zero-order chi connectivity index (χ0) is 18.7. The minimum Gasteiger partial charge on any atom is -0.478 e. The third kappa shape index (κ3) is 5.18. The van der Waals surface area contributed by atoms with Crippen LogP contribution in [0.15, 0.2) is 30.3 Å². The molecule has 0 bridgehead atoms. The number of carbonyl (C=O) groups is 2. The molecule has 2 N–H and O–H groups in total. The van der Waals surface area contributed by atoms with Gasteiger partial charge in [-0.2, -0.15) is 0 Å². The molecule has 2 rings (SSSR count). The molecule has 0 aromatic heterocycles. The Morgan fingerprint density at radius 3 is 2.24 bits per heavy atom. The van der Waals surface area contributed by atoms with Gasteiger partial charge in [-0.05, 0) is 80.8 Å². The van der Waals surface area contributed by atoms with Crippen LogP contribution in [0.1, 0.15) is 24.2 Å². The van der Waals surface area contributed by atoms with Crippen molar-refractivity contribution in [3.63, 3.8) is 0 Å². The molecular formula is C17H14I3NO4. The van der Waals surface area contributed by atoms with Gasteiger partial charge in [0, 0.05) is 16.1 Å². The van der Waals surface area contributed by atoms with Crippen LogP contribution in [0.4, 0.5) is 5.69 Å². The highest BCUT2D eigenvalue weighted by molar-refractivity contribution is 14.1. The number of carbonyl (C=O) groups excluding carboxylic acids is 1. The number of hydrogen-bond donors (Lipinski definition) is 2. The number of aryl methyl sites for hydroxylation is 1. The average molecular weight is 677 g/mol. The van der Waals surface area contributed by atoms with Crippen molar-refractivity contribution in [2.45, 2.75) is 20.0 Å². The second-order valence-electron chi connectivity index (χ2n) is 5.29. The van der Waals surface area contributed by atoms with Crippen LogP contribution in [0.25, 0.3) is 0 Å². The van der Waals surface area contributed by atoms with Gasteiger partial charge in [-0.25, -0.2) is 4.79 Å². The molecule has 0 spiro atoms. The summed E-state index contributed by atoms with van der Waals surface area (Å²) < 4.78 is 8.17. The molecule has 0 saturated heterocycles. The van der Waals surface area contributed by atoms with Crippen molar-refractivity contribution in [3.8, 4) is 5.75 Å². The van der Waals surface area contributed by atoms with Crippen LogP contribution in [-0.2, 0) is 9.59 Å². The lowest BCUT2D eigenvalue weighted by Crippen LogP contribution is -2.20. The van der Waals surface area contributed by atoms with Crippen molar-refractivity contribution in [3.05, 3.63) is 52.2 Å². The van der Waals surface area contributed by atoms with Crippen molar-refractivity contribution in [1.29, 1.82) is 0 Å². The summed E-state index contributed by atoms with van der Waals surface area (Å²) in [4.78, 5) is 23.2. The Kier molecular flexibility index (Phi) is 7.31. The maximum absolute atomic E-state index is 11.7. The van der Waals surface area contributed by atoms with Crippen molar-refractivity contribution < 1.29 is 19.4 Å². The highest BCUT2D eigenvalue weighted by Crippen LogP contribution is 2.39. The fraction of sp³-hybridized carbons (Fsp3) is 0.176. The molecule has 25 heavy (non-hydrogen) atoms. The monoisotopic (exact) mass is 677 g/mol. The molecular weight excluding hydrogens is 663 g/mol. The molecule has 8 heteroatoms. The van der Waals surface area contributed by atoms with Gasteiger partial charge >= 0.3 is 5.97 Å². The maximum atomic E-state index is 11.7. The van der Waals surface area contributed by atoms with E-state index in [4.69, 9.17) is 4.74 Å². The molecule has 0 saturated carbocycles. The number of rotatable bonds is 5. The number of aliphatic carboxylic acids is 1. The lowest BCUT2D eigenvalue weighted by Gasteiger charge is -2.20. The lowest BCUT2D eigenvalue weighted by atomic mass is 10.1. The van der Waals surface area contributed by atoms with Gasteiger partial charge in [-0.3, -0.25) is 4.79 Å². The molecule has 0 aliphatic carbocycles. The Morgan fingerprint density at radius 1 is 1.12 bits per heavy atom. The molecule has 5 nitrogen and oxygen atoms in total. The van der Waals surface area contributed by atoms with Crippen LogP contribution in [0, 0.1) is 17.6 Å². The summed E-state index contributed by atoms with van der Waals surface area (Å²) >= 11 is 6.30. The first kappa shape index (κ1) is 20.7. The van der Waals surface area contributed by atoms with Gasteiger partial charge in [0.25, 0.3) is 0 Å². The SMILES string of the molecule is CC(=O)Nc1c(I)cc(I)c(OC(C(=O)O)c2ccc(C)cc2)c1I. The fourth-order valence-electron chi connectivity index (χ4n) is 2.09. The summed E-state index contributed by atoms with van der Waals surface area (Å²) in [6.45, 7) is 3.36. The van der Waals surface area contributed by atoms with Crippen molar-refractivity contribution in [1.82, 2.24) is 0 Å². The molecule has 0 fully saturated rings. The fourth-order valence-corrected chi connectivity index (χ4v) is 5.99. The number of nitrogens with one attached hydrogen (secondary N) is 1. The van der Waals surface area contributed by atoms with Crippen LogP contribution >= 0.6 is 67.8 Å². The molecule has 0 aliphatic heterocycles. The van der Waals surface area contributed by atoms with E-state index in [1.54, 1.807) is 12.1 Å². The van der Waals surface area contributed by atoms with E-state index >= 15 is 0 Å². The maximum Gasteiger partial charge on any atom is 0.349 e. The normalized spacial score (nSPS) is 11.7. The highest BCUT2D eigenvalue weighted by atomic mass is 127. The van der Waals surface area contributed by atoms with Gasteiger partial charge in [-0.15, -0.1) is 0 Å². The number of carboxylic acids is 1. The summed E-state index contributed by atoms with van der Waals surface area (Å²) in [5.74, 6) is -0.829. The molecule has 2 aromatic carbocycles. The summed E-state index contributed by atoms with van der Waals surface area (Å²) in [6.07, 6.45) is -1.13. The minimum absolute atomic E-state index is 0.198. The zero-order valence-electron chi connectivity index (χ0n) is 13.3. The lowest BCUT2D eigenvalue weighted by molar-refractivity contribution is -0.145. The third-order valence-corrected chi connectivity index (χ3v) is 5.95. The predicted molar refractivity (Wildman–Crippen MR) is 121 cm³/mol. The molecule has 2 aromatic rings. The van der Waals surface area contributed by atoms with Gasteiger partial charge < -0.3 is 15.2 Å². The number of ether oxygens (including phenoxy) is 1. The summed E-state index contributed by atoms with van der Waals surface area (Å²) in [5, 5.41) is 12.4. The van der Waals surface area contributed by atoms with E-state index in [1.165, 1.54) is 6.92 Å². The predicted octanol–water partition coefficient (Wildman–Crippen LogP) is 4.97. The average Bonchev–Trinajstić information content (AvgIpc) is 2.52. The molecule has 0 heterocycles. The Bertz CT molecular complexity index is 822. The number of anilines is 1. The van der Waals surface area contributed by atoms with E-state index < -0.39 is 12.1 Å². The Hall–Kier alpha value is -0.630. The van der Waals surface area contributed by atoms with Crippen molar-refractivity contribution in [2.75, 3.05) is 5.32 Å². The van der Waals surface area contributed by atoms with Gasteiger partial charge in [0.05, 0.1) is 12.8 Å². The largest absolute Gasteiger partial charge is 0.478 e. The third-order valence-electron chi connectivity index (χ3n) is 3.27. The van der Waals surface area contributed by atoms with Crippen LogP contribution < -0.4 is 10.1 Å². The van der Waals surface area contributed by atoms with E-state index in [-0.39, 0.29) is 5.91 Å². The standard InChI is InChI=1S/C17H14I3NO4/c1-8-3-5-10(6-4-8)15(17(23)24)25-16-12(19)7-11(18)14(13(16)20)21-9(2)22/h3-7,15H,1-2H3,(H,21,22)(H,23,24). The number of carboxylic acid groups (broad SMARTS) is 1. The zero-order valence-corrected chi connectivity index (χ0v) is 19.7. The quantitative estimate of drug-likeness (QED) is 0.439. The van der Waals surface area contributed by atoms with E-state index in [0.717, 1.165) is 12.7 Å². The minimum atomic E-state index is -1.13. The topological polar surface area (TPSA) is 75.6 Å². The van der Waals surface area contributed by atoms with Gasteiger partial charge in [-0.1, -0.05) is 29.8 Å². The smallest absolute Gasteiger partial charge is 0.349 e. The first-order chi connectivity index (χ1) is 11.7. The molecule has 1 unspecified atom stereocenters. The Balaban J connectivity index is 2.47. The van der Waals surface area contributed by atoms with Crippen LogP contribution in [-0.4, -0.2) is 17.0 Å². The van der Waals surface area contributed by atoms with E-state index in [0.29, 0.717) is 20.6 Å². The van der Waals surface area contributed by atoms with Crippen LogP contribution in [0.5, 0.6) is 5.75 Å². The Labute approximate surface area is 186 Å². The number of halogens is 3. The first-order valence-electron chi connectivity index (χ1n) is 7.11. The van der Waals surface area contributed by atoms with Gasteiger partial charge in [0.2, 0.25) is 12.0 Å². The number of amides is 1. The second kappa shape index (κ2) is 8.84. The van der Waals surface area contributed by atoms with Crippen molar-refractivity contribution in [2.24, 2.45) is 0 Å². The van der Waals surface area contributed by atoms with E-state index in [9.17, 15) is 14.7 Å². The molecule has 1 amide bonds. The summed E-state index contributed by atoms with van der Waals surface area (Å²) in [6, 6.07) is 9.03. The van der Waals surface area contributed by atoms with Gasteiger partial charge in [0.1, 0.15) is 5.75 Å². The van der Waals surface area contributed by atoms with Gasteiger partial charge in [0.15, 0.2) is 0 Å². The Morgan fingerprint density at radius 2 is 1.72 bits per heavy atom. The summed E-state index contributed by atoms with van der Waals surface area (Å²) in [5.41, 5.74) is 2.22.